The third-order valence-corrected chi connectivity index (χ3v) is 4.06. The summed E-state index contributed by atoms with van der Waals surface area (Å²) >= 11 is 0. The fraction of sp³-hybridized carbons (Fsp3) is 0.438. The maximum Gasteiger partial charge on any atom is 0.274 e. The molecule has 3 rings (SSSR count). The van der Waals surface area contributed by atoms with E-state index in [9.17, 15) is 9.59 Å². The van der Waals surface area contributed by atoms with Gasteiger partial charge < -0.3 is 4.90 Å². The van der Waals surface area contributed by atoms with Gasteiger partial charge in [-0.05, 0) is 25.3 Å². The number of nitrogens with zero attached hydrogens (tertiary/aromatic N) is 3. The molecule has 1 fully saturated rings. The highest BCUT2D eigenvalue weighted by Crippen LogP contribution is 2.16. The number of fused-ring (bicyclic) bond motifs is 1. The van der Waals surface area contributed by atoms with Crippen molar-refractivity contribution in [2.24, 2.45) is 7.05 Å². The van der Waals surface area contributed by atoms with Crippen molar-refractivity contribution >= 4 is 16.7 Å². The molecular weight excluding hydrogens is 266 g/mol. The van der Waals surface area contributed by atoms with Crippen LogP contribution in [0.4, 0.5) is 0 Å². The highest BCUT2D eigenvalue weighted by atomic mass is 16.2. The molecule has 0 bridgehead atoms. The normalized spacial score (nSPS) is 15.4. The largest absolute Gasteiger partial charge is 0.342 e. The number of rotatable bonds is 2. The van der Waals surface area contributed by atoms with Gasteiger partial charge >= 0.3 is 0 Å². The predicted octanol–water partition coefficient (Wildman–Crippen LogP) is 1.49. The van der Waals surface area contributed by atoms with E-state index in [4.69, 9.17) is 0 Å². The summed E-state index contributed by atoms with van der Waals surface area (Å²) in [7, 11) is 1.63. The van der Waals surface area contributed by atoms with Gasteiger partial charge in [-0.1, -0.05) is 18.2 Å². The topological polar surface area (TPSA) is 55.2 Å². The van der Waals surface area contributed by atoms with Crippen LogP contribution in [0.1, 0.15) is 25.0 Å². The Kier molecular flexibility index (Phi) is 3.73. The van der Waals surface area contributed by atoms with E-state index in [-0.39, 0.29) is 17.9 Å². The summed E-state index contributed by atoms with van der Waals surface area (Å²) in [5.41, 5.74) is 0.558. The molecule has 1 aliphatic heterocycles. The highest BCUT2D eigenvalue weighted by molar-refractivity contribution is 5.88. The van der Waals surface area contributed by atoms with Crippen molar-refractivity contribution in [2.75, 3.05) is 13.1 Å². The Bertz CT molecular complexity index is 730. The van der Waals surface area contributed by atoms with Crippen LogP contribution in [0.25, 0.3) is 10.8 Å². The van der Waals surface area contributed by atoms with Gasteiger partial charge in [0.2, 0.25) is 5.91 Å². The summed E-state index contributed by atoms with van der Waals surface area (Å²) in [5, 5.41) is 5.70. The second-order valence-electron chi connectivity index (χ2n) is 5.54. The van der Waals surface area contributed by atoms with Gasteiger partial charge in [-0.3, -0.25) is 9.59 Å². The first-order valence-electron chi connectivity index (χ1n) is 7.39. The molecule has 2 heterocycles. The molecule has 2 aromatic rings. The maximum atomic E-state index is 12.4. The lowest BCUT2D eigenvalue weighted by Gasteiger charge is -2.26. The van der Waals surface area contributed by atoms with Crippen LogP contribution < -0.4 is 5.56 Å². The van der Waals surface area contributed by atoms with Crippen molar-refractivity contribution in [2.45, 2.75) is 25.7 Å². The Morgan fingerprint density at radius 1 is 1.14 bits per heavy atom. The van der Waals surface area contributed by atoms with E-state index in [1.807, 2.05) is 23.1 Å². The van der Waals surface area contributed by atoms with E-state index < -0.39 is 0 Å². The van der Waals surface area contributed by atoms with Gasteiger partial charge in [0.15, 0.2) is 0 Å². The lowest BCUT2D eigenvalue weighted by molar-refractivity contribution is -0.131. The number of benzene rings is 1. The molecule has 1 aromatic carbocycles. The first-order chi connectivity index (χ1) is 10.2. The van der Waals surface area contributed by atoms with Gasteiger partial charge in [-0.2, -0.15) is 5.10 Å². The molecular formula is C16H19N3O2. The average Bonchev–Trinajstić information content (AvgIpc) is 2.53. The van der Waals surface area contributed by atoms with Gasteiger partial charge in [-0.25, -0.2) is 4.68 Å². The molecule has 0 unspecified atom stereocenters. The second kappa shape index (κ2) is 5.68. The number of likely N-dealkylation sites (tertiary alicyclic amines) is 1. The van der Waals surface area contributed by atoms with E-state index in [2.05, 4.69) is 5.10 Å². The third-order valence-electron chi connectivity index (χ3n) is 4.06. The molecule has 0 aliphatic carbocycles. The standard InChI is InChI=1S/C16H19N3O2/c1-18-16(21)13-8-4-3-7-12(13)14(17-18)11-15(20)19-9-5-2-6-10-19/h3-4,7-8H,2,5-6,9-11H2,1H3. The van der Waals surface area contributed by atoms with Crippen molar-refractivity contribution in [1.29, 1.82) is 0 Å². The molecule has 1 amide bonds. The molecule has 0 N–H and O–H groups in total. The van der Waals surface area contributed by atoms with Crippen LogP contribution in [-0.4, -0.2) is 33.7 Å². The van der Waals surface area contributed by atoms with Crippen LogP contribution >= 0.6 is 0 Å². The quantitative estimate of drug-likeness (QED) is 0.840. The van der Waals surface area contributed by atoms with Gasteiger partial charge in [0.25, 0.3) is 5.56 Å². The molecule has 5 nitrogen and oxygen atoms in total. The lowest BCUT2D eigenvalue weighted by atomic mass is 10.1. The smallest absolute Gasteiger partial charge is 0.274 e. The van der Waals surface area contributed by atoms with Crippen molar-refractivity contribution in [1.82, 2.24) is 14.7 Å². The van der Waals surface area contributed by atoms with Gasteiger partial charge in [0.1, 0.15) is 0 Å². The number of carbonyl (C=O) groups excluding carboxylic acids is 1. The minimum Gasteiger partial charge on any atom is -0.342 e. The van der Waals surface area contributed by atoms with Crippen LogP contribution in [0.3, 0.4) is 0 Å². The Hall–Kier alpha value is -2.17. The molecule has 21 heavy (non-hydrogen) atoms. The molecule has 1 aliphatic rings. The fourth-order valence-corrected chi connectivity index (χ4v) is 2.90. The van der Waals surface area contributed by atoms with Crippen LogP contribution in [0, 0.1) is 0 Å². The van der Waals surface area contributed by atoms with Crippen molar-refractivity contribution in [3.63, 3.8) is 0 Å². The molecule has 5 heteroatoms. The zero-order valence-electron chi connectivity index (χ0n) is 12.2. The van der Waals surface area contributed by atoms with Gasteiger partial charge in [0.05, 0.1) is 17.5 Å². The average molecular weight is 285 g/mol. The highest BCUT2D eigenvalue weighted by Gasteiger charge is 2.19. The molecule has 0 radical (unpaired) electrons. The molecule has 1 aromatic heterocycles. The fourth-order valence-electron chi connectivity index (χ4n) is 2.90. The van der Waals surface area contributed by atoms with Crippen molar-refractivity contribution in [3.05, 3.63) is 40.3 Å². The predicted molar refractivity (Wildman–Crippen MR) is 81.1 cm³/mol. The van der Waals surface area contributed by atoms with Crippen LogP contribution in [0.5, 0.6) is 0 Å². The minimum atomic E-state index is -0.125. The van der Waals surface area contributed by atoms with E-state index in [0.717, 1.165) is 31.3 Å². The monoisotopic (exact) mass is 285 g/mol. The molecule has 0 saturated carbocycles. The van der Waals surface area contributed by atoms with E-state index in [1.165, 1.54) is 11.1 Å². The van der Waals surface area contributed by atoms with Gasteiger partial charge in [0, 0.05) is 25.5 Å². The minimum absolute atomic E-state index is 0.103. The van der Waals surface area contributed by atoms with Crippen LogP contribution in [0.15, 0.2) is 29.1 Å². The molecule has 110 valence electrons. The number of amides is 1. The number of aromatic nitrogens is 2. The lowest BCUT2D eigenvalue weighted by Crippen LogP contribution is -2.37. The zero-order valence-corrected chi connectivity index (χ0v) is 12.2. The van der Waals surface area contributed by atoms with Crippen molar-refractivity contribution in [3.8, 4) is 0 Å². The Labute approximate surface area is 123 Å². The number of piperidine rings is 1. The molecule has 0 atom stereocenters. The second-order valence-corrected chi connectivity index (χ2v) is 5.54. The number of aryl methyl sites for hydroxylation is 1. The number of hydrogen-bond donors (Lipinski definition) is 0. The number of hydrogen-bond acceptors (Lipinski definition) is 3. The number of carbonyl (C=O) groups is 1. The maximum absolute atomic E-state index is 12.4. The zero-order chi connectivity index (χ0) is 14.8. The first-order valence-corrected chi connectivity index (χ1v) is 7.39. The summed E-state index contributed by atoms with van der Waals surface area (Å²) < 4.78 is 1.32. The van der Waals surface area contributed by atoms with E-state index in [1.54, 1.807) is 13.1 Å². The Balaban J connectivity index is 1.95. The SMILES string of the molecule is Cn1nc(CC(=O)N2CCCCC2)c2ccccc2c1=O. The van der Waals surface area contributed by atoms with E-state index >= 15 is 0 Å². The summed E-state index contributed by atoms with van der Waals surface area (Å²) in [6, 6.07) is 7.36. The van der Waals surface area contributed by atoms with Crippen LogP contribution in [0.2, 0.25) is 0 Å². The van der Waals surface area contributed by atoms with Crippen LogP contribution in [-0.2, 0) is 18.3 Å². The summed E-state index contributed by atoms with van der Waals surface area (Å²) in [6.07, 6.45) is 3.61. The molecule has 1 saturated heterocycles. The Morgan fingerprint density at radius 3 is 2.52 bits per heavy atom. The van der Waals surface area contributed by atoms with Gasteiger partial charge in [-0.15, -0.1) is 0 Å². The Morgan fingerprint density at radius 2 is 1.81 bits per heavy atom. The summed E-state index contributed by atoms with van der Waals surface area (Å²) in [5.74, 6) is 0.103. The molecule has 0 spiro atoms. The summed E-state index contributed by atoms with van der Waals surface area (Å²) in [6.45, 7) is 1.67. The summed E-state index contributed by atoms with van der Waals surface area (Å²) in [4.78, 5) is 26.4. The third kappa shape index (κ3) is 2.68. The van der Waals surface area contributed by atoms with E-state index in [0.29, 0.717) is 11.1 Å². The first kappa shape index (κ1) is 13.8. The van der Waals surface area contributed by atoms with Crippen molar-refractivity contribution < 1.29 is 4.79 Å².